The molecule has 1 atom stereocenters. The number of nitrogens with zero attached hydrogens (tertiary/aromatic N) is 3. The normalized spacial score (nSPS) is 15.2. The van der Waals surface area contributed by atoms with E-state index in [0.717, 1.165) is 24.0 Å². The molecular weight excluding hydrogens is 316 g/mol. The van der Waals surface area contributed by atoms with Crippen molar-refractivity contribution in [1.29, 1.82) is 0 Å². The zero-order chi connectivity index (χ0) is 16.6. The van der Waals surface area contributed by atoms with Gasteiger partial charge in [0.15, 0.2) is 0 Å². The van der Waals surface area contributed by atoms with Gasteiger partial charge in [0.25, 0.3) is 0 Å². The Hall–Kier alpha value is -2.18. The zero-order valence-electron chi connectivity index (χ0n) is 12.7. The molecule has 1 aliphatic rings. The number of carbonyl (C=O) groups excluding carboxylic acids is 1. The molecule has 2 aromatic rings. The lowest BCUT2D eigenvalue weighted by molar-refractivity contribution is 0.199. The summed E-state index contributed by atoms with van der Waals surface area (Å²) in [5.74, 6) is 0.600. The first-order chi connectivity index (χ1) is 11.0. The SMILES string of the molecule is CC(O)c1cncc(-c2cnc3c(c2)CCCN3C(N)=O)c1Cl. The van der Waals surface area contributed by atoms with Crippen LogP contribution in [-0.4, -0.2) is 27.7 Å². The summed E-state index contributed by atoms with van der Waals surface area (Å²) in [7, 11) is 0. The van der Waals surface area contributed by atoms with Crippen LogP contribution in [0.15, 0.2) is 24.7 Å². The quantitative estimate of drug-likeness (QED) is 0.884. The smallest absolute Gasteiger partial charge is 0.320 e. The van der Waals surface area contributed by atoms with E-state index in [4.69, 9.17) is 17.3 Å². The molecule has 1 aliphatic heterocycles. The second-order valence-corrected chi connectivity index (χ2v) is 5.94. The molecule has 120 valence electrons. The van der Waals surface area contributed by atoms with E-state index in [1.807, 2.05) is 6.07 Å². The Morgan fingerprint density at radius 3 is 2.91 bits per heavy atom. The number of urea groups is 1. The number of aliphatic hydroxyl groups excluding tert-OH is 1. The minimum absolute atomic E-state index is 0.458. The van der Waals surface area contributed by atoms with E-state index in [-0.39, 0.29) is 0 Å². The number of aryl methyl sites for hydroxylation is 1. The summed E-state index contributed by atoms with van der Waals surface area (Å²) >= 11 is 6.39. The number of aromatic nitrogens is 2. The van der Waals surface area contributed by atoms with E-state index >= 15 is 0 Å². The van der Waals surface area contributed by atoms with Gasteiger partial charge in [0.05, 0.1) is 11.1 Å². The van der Waals surface area contributed by atoms with E-state index in [0.29, 0.717) is 28.5 Å². The Bertz CT molecular complexity index is 764. The molecule has 3 heterocycles. The Morgan fingerprint density at radius 1 is 1.43 bits per heavy atom. The highest BCUT2D eigenvalue weighted by molar-refractivity contribution is 6.34. The molecule has 0 spiro atoms. The highest BCUT2D eigenvalue weighted by Crippen LogP contribution is 2.35. The summed E-state index contributed by atoms with van der Waals surface area (Å²) in [6, 6.07) is 1.45. The summed E-state index contributed by atoms with van der Waals surface area (Å²) in [5, 5.41) is 10.2. The van der Waals surface area contributed by atoms with Crippen LogP contribution in [0.1, 0.15) is 30.6 Å². The molecule has 1 unspecified atom stereocenters. The second kappa shape index (κ2) is 6.14. The molecule has 2 aromatic heterocycles. The number of hydrogen-bond donors (Lipinski definition) is 2. The van der Waals surface area contributed by atoms with E-state index in [1.54, 1.807) is 25.5 Å². The van der Waals surface area contributed by atoms with Crippen LogP contribution < -0.4 is 10.6 Å². The van der Waals surface area contributed by atoms with Gasteiger partial charge in [-0.2, -0.15) is 0 Å². The van der Waals surface area contributed by atoms with E-state index in [1.165, 1.54) is 4.90 Å². The lowest BCUT2D eigenvalue weighted by atomic mass is 10.00. The van der Waals surface area contributed by atoms with Crippen LogP contribution in [0.25, 0.3) is 11.1 Å². The summed E-state index contributed by atoms with van der Waals surface area (Å²) < 4.78 is 0. The predicted molar refractivity (Wildman–Crippen MR) is 88.4 cm³/mol. The molecule has 3 N–H and O–H groups in total. The summed E-state index contributed by atoms with van der Waals surface area (Å²) in [6.07, 6.45) is 5.80. The minimum atomic E-state index is -0.703. The number of rotatable bonds is 2. The number of carbonyl (C=O) groups is 1. The fourth-order valence-electron chi connectivity index (χ4n) is 2.78. The van der Waals surface area contributed by atoms with Crippen LogP contribution in [0.4, 0.5) is 10.6 Å². The van der Waals surface area contributed by atoms with Gasteiger partial charge in [0.2, 0.25) is 0 Å². The van der Waals surface area contributed by atoms with Gasteiger partial charge in [-0.1, -0.05) is 11.6 Å². The molecule has 0 fully saturated rings. The number of hydrogen-bond acceptors (Lipinski definition) is 4. The molecule has 0 aromatic carbocycles. The maximum absolute atomic E-state index is 11.5. The van der Waals surface area contributed by atoms with Gasteiger partial charge in [0.1, 0.15) is 5.82 Å². The van der Waals surface area contributed by atoms with Gasteiger partial charge >= 0.3 is 6.03 Å². The average Bonchev–Trinajstić information content (AvgIpc) is 2.53. The number of anilines is 1. The third-order valence-corrected chi connectivity index (χ3v) is 4.38. The molecule has 6 nitrogen and oxygen atoms in total. The standard InChI is InChI=1S/C16H17ClN4O2/c1-9(22)12-7-19-8-13(14(12)17)11-5-10-3-2-4-21(16(18)23)15(10)20-6-11/h5-9,22H,2-4H2,1H3,(H2,18,23). The van der Waals surface area contributed by atoms with Gasteiger partial charge < -0.3 is 10.8 Å². The molecule has 2 amide bonds. The van der Waals surface area contributed by atoms with Crippen molar-refractivity contribution in [3.63, 3.8) is 0 Å². The molecule has 0 saturated heterocycles. The molecular formula is C16H17ClN4O2. The molecule has 7 heteroatoms. The Kier molecular flexibility index (Phi) is 4.19. The van der Waals surface area contributed by atoms with Crippen molar-refractivity contribution < 1.29 is 9.90 Å². The number of aliphatic hydroxyl groups is 1. The van der Waals surface area contributed by atoms with E-state index < -0.39 is 12.1 Å². The Balaban J connectivity index is 2.06. The summed E-state index contributed by atoms with van der Waals surface area (Å²) in [6.45, 7) is 2.22. The third kappa shape index (κ3) is 2.87. The molecule has 0 aliphatic carbocycles. The Labute approximate surface area is 138 Å². The van der Waals surface area contributed by atoms with Crippen molar-refractivity contribution in [2.75, 3.05) is 11.4 Å². The number of primary amides is 1. The summed E-state index contributed by atoms with van der Waals surface area (Å²) in [5.41, 5.74) is 8.42. The van der Waals surface area contributed by atoms with Gasteiger partial charge in [-0.05, 0) is 31.4 Å². The summed E-state index contributed by atoms with van der Waals surface area (Å²) in [4.78, 5) is 21.5. The van der Waals surface area contributed by atoms with Crippen molar-refractivity contribution in [2.45, 2.75) is 25.9 Å². The van der Waals surface area contributed by atoms with Crippen LogP contribution in [0, 0.1) is 0 Å². The van der Waals surface area contributed by atoms with Gasteiger partial charge in [-0.25, -0.2) is 9.78 Å². The lowest BCUT2D eigenvalue weighted by Crippen LogP contribution is -2.40. The van der Waals surface area contributed by atoms with Crippen LogP contribution in [-0.2, 0) is 6.42 Å². The third-order valence-electron chi connectivity index (χ3n) is 3.96. The molecule has 3 rings (SSSR count). The first-order valence-electron chi connectivity index (χ1n) is 7.36. The topological polar surface area (TPSA) is 92.3 Å². The predicted octanol–water partition coefficient (Wildman–Crippen LogP) is 2.68. The van der Waals surface area contributed by atoms with Crippen molar-refractivity contribution >= 4 is 23.4 Å². The molecule has 23 heavy (non-hydrogen) atoms. The Morgan fingerprint density at radius 2 is 2.22 bits per heavy atom. The number of pyridine rings is 2. The fraction of sp³-hybridized carbons (Fsp3) is 0.312. The number of halogens is 1. The minimum Gasteiger partial charge on any atom is -0.389 e. The highest BCUT2D eigenvalue weighted by atomic mass is 35.5. The van der Waals surface area contributed by atoms with Crippen molar-refractivity contribution in [2.24, 2.45) is 5.73 Å². The van der Waals surface area contributed by atoms with Gasteiger partial charge in [-0.3, -0.25) is 9.88 Å². The first-order valence-corrected chi connectivity index (χ1v) is 7.74. The van der Waals surface area contributed by atoms with Crippen LogP contribution in [0.3, 0.4) is 0 Å². The van der Waals surface area contributed by atoms with Gasteiger partial charge in [-0.15, -0.1) is 0 Å². The van der Waals surface area contributed by atoms with Crippen molar-refractivity contribution in [1.82, 2.24) is 9.97 Å². The van der Waals surface area contributed by atoms with Crippen molar-refractivity contribution in [3.8, 4) is 11.1 Å². The van der Waals surface area contributed by atoms with Crippen LogP contribution in [0.2, 0.25) is 5.02 Å². The maximum Gasteiger partial charge on any atom is 0.320 e. The molecule has 0 saturated carbocycles. The van der Waals surface area contributed by atoms with Crippen LogP contribution in [0.5, 0.6) is 0 Å². The number of amides is 2. The van der Waals surface area contributed by atoms with Gasteiger partial charge in [0, 0.05) is 41.8 Å². The molecule has 0 bridgehead atoms. The first kappa shape index (κ1) is 15.7. The zero-order valence-corrected chi connectivity index (χ0v) is 13.4. The molecule has 0 radical (unpaired) electrons. The number of fused-ring (bicyclic) bond motifs is 1. The average molecular weight is 333 g/mol. The van der Waals surface area contributed by atoms with Crippen LogP contribution >= 0.6 is 11.6 Å². The highest BCUT2D eigenvalue weighted by Gasteiger charge is 2.23. The van der Waals surface area contributed by atoms with E-state index in [2.05, 4.69) is 9.97 Å². The monoisotopic (exact) mass is 332 g/mol. The lowest BCUT2D eigenvalue weighted by Gasteiger charge is -2.27. The maximum atomic E-state index is 11.5. The number of nitrogens with two attached hydrogens (primary N) is 1. The van der Waals surface area contributed by atoms with E-state index in [9.17, 15) is 9.90 Å². The second-order valence-electron chi connectivity index (χ2n) is 5.57. The van der Waals surface area contributed by atoms with Crippen molar-refractivity contribution in [3.05, 3.63) is 40.8 Å². The largest absolute Gasteiger partial charge is 0.389 e. The fourth-order valence-corrected chi connectivity index (χ4v) is 3.14.